The molecule has 1 aliphatic heterocycles. The van der Waals surface area contributed by atoms with E-state index in [1.807, 2.05) is 0 Å². The minimum Gasteiger partial charge on any atom is -0.481 e. The van der Waals surface area contributed by atoms with Crippen LogP contribution in [0.15, 0.2) is 0 Å². The van der Waals surface area contributed by atoms with Gasteiger partial charge in [0.05, 0.1) is 0 Å². The largest absolute Gasteiger partial charge is 0.481 e. The van der Waals surface area contributed by atoms with E-state index in [0.29, 0.717) is 0 Å². The van der Waals surface area contributed by atoms with Crippen molar-refractivity contribution in [1.29, 1.82) is 0 Å². The van der Waals surface area contributed by atoms with Crippen LogP contribution in [0.25, 0.3) is 0 Å². The fraction of sp³-hybridized carbons (Fsp3) is 0.750. The second-order valence-electron chi connectivity index (χ2n) is 1.75. The molecule has 0 spiro atoms. The minimum atomic E-state index is -1.33. The Hall–Kier alpha value is -0.350. The lowest BCUT2D eigenvalue weighted by Crippen LogP contribution is -2.53. The number of carbonyl (C=O) groups is 1. The number of halogens is 2. The van der Waals surface area contributed by atoms with Crippen molar-refractivity contribution in [3.8, 4) is 0 Å². The Kier molecular flexibility index (Phi) is 2.87. The first-order chi connectivity index (χ1) is 3.72. The van der Waals surface area contributed by atoms with Crippen LogP contribution in [0.4, 0.5) is 4.39 Å². The fourth-order valence-electron chi connectivity index (χ4n) is 0.537. The summed E-state index contributed by atoms with van der Waals surface area (Å²) in [6, 6.07) is 0. The van der Waals surface area contributed by atoms with Gasteiger partial charge in [0, 0.05) is 6.54 Å². The van der Waals surface area contributed by atoms with Gasteiger partial charge in [0.1, 0.15) is 5.92 Å². The number of carboxylic acid groups (broad SMARTS) is 1. The summed E-state index contributed by atoms with van der Waals surface area (Å²) in [4.78, 5) is 9.91. The van der Waals surface area contributed by atoms with Gasteiger partial charge in [-0.25, -0.2) is 4.39 Å². The number of alkyl halides is 1. The van der Waals surface area contributed by atoms with Crippen molar-refractivity contribution in [3.05, 3.63) is 0 Å². The molecule has 2 atom stereocenters. The van der Waals surface area contributed by atoms with Gasteiger partial charge in [-0.05, 0) is 0 Å². The Morgan fingerprint density at radius 1 is 1.78 bits per heavy atom. The van der Waals surface area contributed by atoms with Crippen LogP contribution in [0.3, 0.4) is 0 Å². The van der Waals surface area contributed by atoms with Crippen molar-refractivity contribution in [2.45, 2.75) is 6.30 Å². The van der Waals surface area contributed by atoms with E-state index in [1.165, 1.54) is 0 Å². The number of rotatable bonds is 1. The predicted molar refractivity (Wildman–Crippen MR) is 31.3 cm³/mol. The molecule has 3 nitrogen and oxygen atoms in total. The first kappa shape index (κ1) is 8.65. The lowest BCUT2D eigenvalue weighted by molar-refractivity contribution is -0.148. The first-order valence-corrected chi connectivity index (χ1v) is 2.32. The lowest BCUT2D eigenvalue weighted by atomic mass is 10.0. The molecule has 2 unspecified atom stereocenters. The van der Waals surface area contributed by atoms with Crippen LogP contribution in [-0.2, 0) is 4.79 Å². The third-order valence-corrected chi connectivity index (χ3v) is 1.20. The molecule has 54 valence electrons. The summed E-state index contributed by atoms with van der Waals surface area (Å²) in [5.74, 6) is -1.87. The maximum Gasteiger partial charge on any atom is 0.312 e. The topological polar surface area (TPSA) is 49.3 Å². The normalized spacial score (nSPS) is 32.1. The number of carboxylic acids is 1. The van der Waals surface area contributed by atoms with Gasteiger partial charge in [-0.1, -0.05) is 0 Å². The van der Waals surface area contributed by atoms with E-state index in [2.05, 4.69) is 5.32 Å². The van der Waals surface area contributed by atoms with Gasteiger partial charge in [-0.2, -0.15) is 0 Å². The molecule has 1 aliphatic rings. The van der Waals surface area contributed by atoms with Crippen LogP contribution in [0.2, 0.25) is 0 Å². The van der Waals surface area contributed by atoms with Crippen LogP contribution in [0.5, 0.6) is 0 Å². The summed E-state index contributed by atoms with van der Waals surface area (Å²) in [6.45, 7) is 0.260. The Morgan fingerprint density at radius 3 is 2.33 bits per heavy atom. The summed E-state index contributed by atoms with van der Waals surface area (Å²) in [7, 11) is 0. The zero-order valence-corrected chi connectivity index (χ0v) is 5.32. The van der Waals surface area contributed by atoms with Crippen molar-refractivity contribution in [1.82, 2.24) is 5.32 Å². The van der Waals surface area contributed by atoms with Gasteiger partial charge < -0.3 is 5.11 Å². The van der Waals surface area contributed by atoms with E-state index < -0.39 is 18.2 Å². The molecule has 1 fully saturated rings. The quantitative estimate of drug-likeness (QED) is 0.525. The molecule has 0 radical (unpaired) electrons. The smallest absolute Gasteiger partial charge is 0.312 e. The molecule has 1 rings (SSSR count). The molecule has 1 saturated heterocycles. The van der Waals surface area contributed by atoms with Crippen molar-refractivity contribution >= 4 is 18.4 Å². The zero-order chi connectivity index (χ0) is 6.15. The Labute approximate surface area is 57.7 Å². The molecule has 0 saturated carbocycles. The maximum atomic E-state index is 11.9. The summed E-state index contributed by atoms with van der Waals surface area (Å²) < 4.78 is 11.9. The van der Waals surface area contributed by atoms with Crippen molar-refractivity contribution in [2.24, 2.45) is 5.92 Å². The molecule has 5 heteroatoms. The van der Waals surface area contributed by atoms with E-state index in [0.717, 1.165) is 0 Å². The Balaban J connectivity index is 0.000000640. The van der Waals surface area contributed by atoms with Crippen molar-refractivity contribution < 1.29 is 14.3 Å². The van der Waals surface area contributed by atoms with E-state index >= 15 is 0 Å². The van der Waals surface area contributed by atoms with E-state index in [9.17, 15) is 9.18 Å². The SMILES string of the molecule is Cl.O=C(O)C1CNC1F. The van der Waals surface area contributed by atoms with Crippen molar-refractivity contribution in [2.75, 3.05) is 6.54 Å². The maximum absolute atomic E-state index is 11.9. The third-order valence-electron chi connectivity index (χ3n) is 1.20. The van der Waals surface area contributed by atoms with E-state index in [4.69, 9.17) is 5.11 Å². The Morgan fingerprint density at radius 2 is 2.33 bits per heavy atom. The average Bonchev–Trinajstić information content (AvgIpc) is 1.61. The highest BCUT2D eigenvalue weighted by molar-refractivity contribution is 5.85. The number of hydrogen-bond donors (Lipinski definition) is 2. The van der Waals surface area contributed by atoms with Gasteiger partial charge in [0.2, 0.25) is 0 Å². The summed E-state index contributed by atoms with van der Waals surface area (Å²) in [5.41, 5.74) is 0. The third kappa shape index (κ3) is 1.53. The van der Waals surface area contributed by atoms with Gasteiger partial charge in [0.25, 0.3) is 0 Å². The molecule has 2 N–H and O–H groups in total. The first-order valence-electron chi connectivity index (χ1n) is 2.32. The predicted octanol–water partition coefficient (Wildman–Crippen LogP) is 0.00780. The van der Waals surface area contributed by atoms with Crippen LogP contribution < -0.4 is 5.32 Å². The van der Waals surface area contributed by atoms with Gasteiger partial charge >= 0.3 is 5.97 Å². The number of hydrogen-bond acceptors (Lipinski definition) is 2. The summed E-state index contributed by atoms with van der Waals surface area (Å²) in [5, 5.41) is 10.4. The average molecular weight is 156 g/mol. The lowest BCUT2D eigenvalue weighted by Gasteiger charge is -2.27. The summed E-state index contributed by atoms with van der Waals surface area (Å²) in [6.07, 6.45) is -1.33. The fourth-order valence-corrected chi connectivity index (χ4v) is 0.537. The van der Waals surface area contributed by atoms with Crippen LogP contribution in [0.1, 0.15) is 0 Å². The monoisotopic (exact) mass is 155 g/mol. The number of nitrogens with one attached hydrogen (secondary N) is 1. The standard InChI is InChI=1S/C4H6FNO2.ClH/c5-3-2(1-6-3)4(7)8;/h2-3,6H,1H2,(H,7,8);1H. The van der Waals surface area contributed by atoms with Gasteiger partial charge in [-0.3, -0.25) is 10.1 Å². The highest BCUT2D eigenvalue weighted by Crippen LogP contribution is 2.13. The second-order valence-corrected chi connectivity index (χ2v) is 1.75. The molecular formula is C4H7ClFNO2. The van der Waals surface area contributed by atoms with Gasteiger partial charge in [0.15, 0.2) is 6.30 Å². The molecule has 0 aliphatic carbocycles. The van der Waals surface area contributed by atoms with E-state index in [-0.39, 0.29) is 19.0 Å². The second kappa shape index (κ2) is 2.98. The number of aliphatic carboxylic acids is 1. The highest BCUT2D eigenvalue weighted by Gasteiger charge is 2.35. The molecule has 0 bridgehead atoms. The molecule has 9 heavy (non-hydrogen) atoms. The highest BCUT2D eigenvalue weighted by atomic mass is 35.5. The van der Waals surface area contributed by atoms with Crippen LogP contribution in [0, 0.1) is 5.92 Å². The molecule has 0 aromatic heterocycles. The minimum absolute atomic E-state index is 0. The van der Waals surface area contributed by atoms with Gasteiger partial charge in [-0.15, -0.1) is 12.4 Å². The van der Waals surface area contributed by atoms with Crippen LogP contribution in [-0.4, -0.2) is 23.9 Å². The molecular weight excluding hydrogens is 148 g/mol. The van der Waals surface area contributed by atoms with E-state index in [1.54, 1.807) is 0 Å². The van der Waals surface area contributed by atoms with Crippen molar-refractivity contribution in [3.63, 3.8) is 0 Å². The molecule has 0 amide bonds. The molecule has 1 heterocycles. The molecule has 0 aromatic rings. The molecule has 0 aromatic carbocycles. The zero-order valence-electron chi connectivity index (χ0n) is 4.50. The van der Waals surface area contributed by atoms with Crippen LogP contribution >= 0.6 is 12.4 Å². The summed E-state index contributed by atoms with van der Waals surface area (Å²) >= 11 is 0. The Bertz CT molecular complexity index is 121.